The van der Waals surface area contributed by atoms with Crippen molar-refractivity contribution >= 4 is 22.4 Å². The Hall–Kier alpha value is 0.160. The molecule has 1 unspecified atom stereocenters. The first-order valence-corrected chi connectivity index (χ1v) is 7.80. The number of piperidine rings is 1. The second-order valence-electron chi connectivity index (χ2n) is 4.91. The first-order valence-electron chi connectivity index (χ1n) is 6.19. The summed E-state index contributed by atoms with van der Waals surface area (Å²) in [5.74, 6) is 0.543. The van der Waals surface area contributed by atoms with Gasteiger partial charge < -0.3 is 5.73 Å². The van der Waals surface area contributed by atoms with Gasteiger partial charge in [0.2, 0.25) is 10.0 Å². The van der Waals surface area contributed by atoms with Gasteiger partial charge in [0.15, 0.2) is 0 Å². The van der Waals surface area contributed by atoms with Gasteiger partial charge in [0, 0.05) is 19.1 Å². The number of nitrogens with two attached hydrogens (primary N) is 1. The molecular weight excluding hydrogens is 260 g/mol. The van der Waals surface area contributed by atoms with Crippen LogP contribution in [0.15, 0.2) is 0 Å². The van der Waals surface area contributed by atoms with Crippen molar-refractivity contribution in [1.82, 2.24) is 4.31 Å². The zero-order valence-electron chi connectivity index (χ0n) is 10.8. The summed E-state index contributed by atoms with van der Waals surface area (Å²) in [6.07, 6.45) is 3.61. The van der Waals surface area contributed by atoms with Crippen LogP contribution in [0.3, 0.4) is 0 Å². The third kappa shape index (κ3) is 5.55. The van der Waals surface area contributed by atoms with Crippen molar-refractivity contribution in [2.24, 2.45) is 11.7 Å². The van der Waals surface area contributed by atoms with Gasteiger partial charge in [0.05, 0.1) is 5.75 Å². The average Bonchev–Trinajstić information content (AvgIpc) is 2.17. The molecule has 104 valence electrons. The molecule has 1 heterocycles. The van der Waals surface area contributed by atoms with Gasteiger partial charge in [-0.25, -0.2) is 12.7 Å². The summed E-state index contributed by atoms with van der Waals surface area (Å²) >= 11 is 0. The van der Waals surface area contributed by atoms with Crippen molar-refractivity contribution in [2.45, 2.75) is 45.6 Å². The van der Waals surface area contributed by atoms with Gasteiger partial charge in [-0.15, -0.1) is 12.4 Å². The Labute approximate surface area is 111 Å². The van der Waals surface area contributed by atoms with E-state index < -0.39 is 10.0 Å². The van der Waals surface area contributed by atoms with Crippen molar-refractivity contribution < 1.29 is 8.42 Å². The molecule has 0 radical (unpaired) electrons. The van der Waals surface area contributed by atoms with E-state index in [4.69, 9.17) is 5.73 Å². The summed E-state index contributed by atoms with van der Waals surface area (Å²) in [4.78, 5) is 0. The topological polar surface area (TPSA) is 63.4 Å². The molecular formula is C11H25ClN2O2S. The summed E-state index contributed by atoms with van der Waals surface area (Å²) in [5, 5.41) is 0. The number of rotatable bonds is 5. The Balaban J connectivity index is 0.00000256. The monoisotopic (exact) mass is 284 g/mol. The molecule has 0 aromatic carbocycles. The predicted octanol–water partition coefficient (Wildman–Crippen LogP) is 1.60. The first-order chi connectivity index (χ1) is 7.45. The van der Waals surface area contributed by atoms with E-state index in [1.807, 2.05) is 6.92 Å². The van der Waals surface area contributed by atoms with Crippen molar-refractivity contribution in [3.63, 3.8) is 0 Å². The van der Waals surface area contributed by atoms with E-state index in [1.165, 1.54) is 0 Å². The normalized spacial score (nSPS) is 20.9. The third-order valence-electron chi connectivity index (χ3n) is 3.17. The van der Waals surface area contributed by atoms with Crippen LogP contribution in [0.4, 0.5) is 0 Å². The second-order valence-corrected chi connectivity index (χ2v) is 6.92. The summed E-state index contributed by atoms with van der Waals surface area (Å²) in [5.41, 5.74) is 5.77. The maximum Gasteiger partial charge on any atom is 0.214 e. The lowest BCUT2D eigenvalue weighted by Gasteiger charge is -2.30. The Kier molecular flexibility index (Phi) is 7.63. The lowest BCUT2D eigenvalue weighted by atomic mass is 10.1. The molecule has 0 aliphatic carbocycles. The molecule has 4 nitrogen and oxygen atoms in total. The summed E-state index contributed by atoms with van der Waals surface area (Å²) in [6.45, 7) is 5.30. The molecule has 6 heteroatoms. The average molecular weight is 285 g/mol. The van der Waals surface area contributed by atoms with E-state index in [-0.39, 0.29) is 30.1 Å². The van der Waals surface area contributed by atoms with E-state index >= 15 is 0 Å². The fourth-order valence-corrected chi connectivity index (χ4v) is 4.06. The van der Waals surface area contributed by atoms with Gasteiger partial charge in [0.25, 0.3) is 0 Å². The molecule has 17 heavy (non-hydrogen) atoms. The maximum absolute atomic E-state index is 12.1. The number of halogens is 1. The molecule has 1 atom stereocenters. The van der Waals surface area contributed by atoms with Crippen LogP contribution in [-0.4, -0.2) is 37.6 Å². The van der Waals surface area contributed by atoms with E-state index in [1.54, 1.807) is 4.31 Å². The Bertz CT molecular complexity index is 301. The van der Waals surface area contributed by atoms with Gasteiger partial charge in [-0.05, 0) is 25.2 Å². The van der Waals surface area contributed by atoms with Gasteiger partial charge in [-0.2, -0.15) is 0 Å². The van der Waals surface area contributed by atoms with E-state index in [0.29, 0.717) is 13.1 Å². The molecule has 1 fully saturated rings. The zero-order chi connectivity index (χ0) is 12.2. The predicted molar refractivity (Wildman–Crippen MR) is 73.9 cm³/mol. The maximum atomic E-state index is 12.1. The van der Waals surface area contributed by atoms with E-state index in [2.05, 4.69) is 6.92 Å². The largest absolute Gasteiger partial charge is 0.328 e. The highest BCUT2D eigenvalue weighted by Crippen LogP contribution is 2.17. The molecule has 0 bridgehead atoms. The van der Waals surface area contributed by atoms with Crippen LogP contribution in [0.2, 0.25) is 0 Å². The first kappa shape index (κ1) is 17.2. The van der Waals surface area contributed by atoms with Gasteiger partial charge in [-0.3, -0.25) is 0 Å². The van der Waals surface area contributed by atoms with Crippen LogP contribution in [-0.2, 0) is 10.0 Å². The fraction of sp³-hybridized carbons (Fsp3) is 1.00. The van der Waals surface area contributed by atoms with Crippen LogP contribution < -0.4 is 5.73 Å². The van der Waals surface area contributed by atoms with E-state index in [9.17, 15) is 8.42 Å². The quantitative estimate of drug-likeness (QED) is 0.834. The molecule has 1 saturated heterocycles. The van der Waals surface area contributed by atoms with Gasteiger partial charge >= 0.3 is 0 Å². The Morgan fingerprint density at radius 3 is 2.35 bits per heavy atom. The molecule has 2 N–H and O–H groups in total. The summed E-state index contributed by atoms with van der Waals surface area (Å²) in [7, 11) is -3.05. The number of sulfonamides is 1. The molecule has 0 spiro atoms. The van der Waals surface area contributed by atoms with Crippen LogP contribution >= 0.6 is 12.4 Å². The van der Waals surface area contributed by atoms with Crippen LogP contribution in [0.5, 0.6) is 0 Å². The molecule has 1 aliphatic rings. The highest BCUT2D eigenvalue weighted by Gasteiger charge is 2.27. The fourth-order valence-electron chi connectivity index (χ4n) is 2.20. The molecule has 1 aliphatic heterocycles. The minimum atomic E-state index is -3.05. The SMILES string of the molecule is CCCC(C)CS(=O)(=O)N1CCC(N)CC1.Cl. The van der Waals surface area contributed by atoms with Crippen LogP contribution in [0, 0.1) is 5.92 Å². The highest BCUT2D eigenvalue weighted by molar-refractivity contribution is 7.89. The number of hydrogen-bond donors (Lipinski definition) is 1. The summed E-state index contributed by atoms with van der Waals surface area (Å²) < 4.78 is 25.7. The van der Waals surface area contributed by atoms with Gasteiger partial charge in [0.1, 0.15) is 0 Å². The standard InChI is InChI=1S/C11H24N2O2S.ClH/c1-3-4-10(2)9-16(14,15)13-7-5-11(12)6-8-13;/h10-11H,3-9,12H2,1-2H3;1H. The molecule has 0 amide bonds. The van der Waals surface area contributed by atoms with Crippen molar-refractivity contribution in [3.05, 3.63) is 0 Å². The minimum absolute atomic E-state index is 0. The van der Waals surface area contributed by atoms with Gasteiger partial charge in [-0.1, -0.05) is 20.3 Å². The summed E-state index contributed by atoms with van der Waals surface area (Å²) in [6, 6.07) is 0.180. The lowest BCUT2D eigenvalue weighted by molar-refractivity contribution is 0.317. The van der Waals surface area contributed by atoms with E-state index in [0.717, 1.165) is 25.7 Å². The second kappa shape index (κ2) is 7.56. The number of nitrogens with zero attached hydrogens (tertiary/aromatic N) is 1. The Morgan fingerprint density at radius 2 is 1.88 bits per heavy atom. The van der Waals surface area contributed by atoms with Crippen molar-refractivity contribution in [2.75, 3.05) is 18.8 Å². The molecule has 0 aromatic heterocycles. The smallest absolute Gasteiger partial charge is 0.214 e. The molecule has 0 aromatic rings. The third-order valence-corrected chi connectivity index (χ3v) is 5.31. The minimum Gasteiger partial charge on any atom is -0.328 e. The Morgan fingerprint density at radius 1 is 1.35 bits per heavy atom. The zero-order valence-corrected chi connectivity index (χ0v) is 12.4. The number of hydrogen-bond acceptors (Lipinski definition) is 3. The van der Waals surface area contributed by atoms with Crippen molar-refractivity contribution in [1.29, 1.82) is 0 Å². The van der Waals surface area contributed by atoms with Crippen molar-refractivity contribution in [3.8, 4) is 0 Å². The molecule has 1 rings (SSSR count). The van der Waals surface area contributed by atoms with Crippen LogP contribution in [0.25, 0.3) is 0 Å². The van der Waals surface area contributed by atoms with Crippen LogP contribution in [0.1, 0.15) is 39.5 Å². The highest BCUT2D eigenvalue weighted by atomic mass is 35.5. The molecule has 0 saturated carbocycles. The lowest BCUT2D eigenvalue weighted by Crippen LogP contribution is -2.44.